The minimum Gasteiger partial charge on any atom is -0.349 e. The van der Waals surface area contributed by atoms with Gasteiger partial charge in [-0.1, -0.05) is 52.3 Å². The van der Waals surface area contributed by atoms with Crippen LogP contribution in [0.2, 0.25) is 0 Å². The van der Waals surface area contributed by atoms with Crippen LogP contribution in [0.4, 0.5) is 0 Å². The predicted molar refractivity (Wildman–Crippen MR) is 125 cm³/mol. The molecule has 5 nitrogen and oxygen atoms in total. The van der Waals surface area contributed by atoms with Crippen molar-refractivity contribution in [2.75, 3.05) is 0 Å². The number of sulfone groups is 1. The van der Waals surface area contributed by atoms with Crippen molar-refractivity contribution < 1.29 is 13.2 Å². The molecular weight excluding hydrogens is 476 g/mol. The number of halogens is 1. The van der Waals surface area contributed by atoms with Crippen LogP contribution in [-0.4, -0.2) is 19.3 Å². The number of aromatic amines is 1. The van der Waals surface area contributed by atoms with Gasteiger partial charge < -0.3 is 10.3 Å². The molecule has 0 aliphatic carbocycles. The maximum atomic E-state index is 13.7. The van der Waals surface area contributed by atoms with Crippen LogP contribution in [0.15, 0.2) is 81.0 Å². The molecule has 3 aromatic carbocycles. The van der Waals surface area contributed by atoms with E-state index >= 15 is 0 Å². The van der Waals surface area contributed by atoms with E-state index in [2.05, 4.69) is 26.2 Å². The number of carbonyl (C=O) groups excluding carboxylic acids is 1. The molecule has 0 spiro atoms. The minimum atomic E-state index is -3.96. The molecule has 0 aliphatic heterocycles. The number of hydrogen-bond donors (Lipinski definition) is 2. The molecule has 0 unspecified atom stereocenters. The van der Waals surface area contributed by atoms with E-state index in [0.29, 0.717) is 17.4 Å². The summed E-state index contributed by atoms with van der Waals surface area (Å²) in [4.78, 5) is 16.3. The third-order valence-electron chi connectivity index (χ3n) is 5.01. The zero-order chi connectivity index (χ0) is 22.2. The highest BCUT2D eigenvalue weighted by atomic mass is 79.9. The van der Waals surface area contributed by atoms with Gasteiger partial charge in [-0.15, -0.1) is 0 Å². The van der Waals surface area contributed by atoms with E-state index < -0.39 is 15.7 Å². The summed E-state index contributed by atoms with van der Waals surface area (Å²) < 4.78 is 28.1. The van der Waals surface area contributed by atoms with Crippen molar-refractivity contribution in [2.45, 2.75) is 30.2 Å². The number of rotatable bonds is 5. The van der Waals surface area contributed by atoms with E-state index in [1.54, 1.807) is 30.3 Å². The molecule has 31 heavy (non-hydrogen) atoms. The molecule has 158 valence electrons. The first-order valence-corrected chi connectivity index (χ1v) is 12.0. The molecule has 0 saturated carbocycles. The lowest BCUT2D eigenvalue weighted by Gasteiger charge is -2.10. The Balaban J connectivity index is 1.85. The number of aromatic nitrogens is 1. The van der Waals surface area contributed by atoms with E-state index in [0.717, 1.165) is 21.2 Å². The van der Waals surface area contributed by atoms with Crippen molar-refractivity contribution in [1.29, 1.82) is 0 Å². The van der Waals surface area contributed by atoms with Crippen molar-refractivity contribution >= 4 is 42.6 Å². The Bertz CT molecular complexity index is 1370. The van der Waals surface area contributed by atoms with Crippen molar-refractivity contribution in [3.63, 3.8) is 0 Å². The lowest BCUT2D eigenvalue weighted by atomic mass is 10.2. The Hall–Kier alpha value is -2.90. The molecule has 7 heteroatoms. The first-order chi connectivity index (χ1) is 14.8. The summed E-state index contributed by atoms with van der Waals surface area (Å²) in [7, 11) is -3.96. The quantitative estimate of drug-likeness (QED) is 0.392. The SMILES string of the molecule is Cc1cc(C)cc(S(=O)(=O)c2c(C(=O)NCc3ccccc3)[nH]c3ccc(Br)cc23)c1. The summed E-state index contributed by atoms with van der Waals surface area (Å²) in [5, 5.41) is 3.30. The fraction of sp³-hybridized carbons (Fsp3) is 0.125. The van der Waals surface area contributed by atoms with Crippen molar-refractivity contribution in [3.05, 3.63) is 93.6 Å². The molecule has 0 fully saturated rings. The first-order valence-electron chi connectivity index (χ1n) is 9.72. The van der Waals surface area contributed by atoms with Gasteiger partial charge in [0.1, 0.15) is 10.6 Å². The Morgan fingerprint density at radius 1 is 0.968 bits per heavy atom. The van der Waals surface area contributed by atoms with Gasteiger partial charge in [-0.25, -0.2) is 8.42 Å². The van der Waals surface area contributed by atoms with Gasteiger partial charge in [0.2, 0.25) is 9.84 Å². The molecule has 0 atom stereocenters. The number of aryl methyl sites for hydroxylation is 2. The zero-order valence-electron chi connectivity index (χ0n) is 17.1. The van der Waals surface area contributed by atoms with Crippen LogP contribution in [0.3, 0.4) is 0 Å². The lowest BCUT2D eigenvalue weighted by Crippen LogP contribution is -2.25. The predicted octanol–water partition coefficient (Wildman–Crippen LogP) is 5.31. The molecule has 0 bridgehead atoms. The van der Waals surface area contributed by atoms with Gasteiger partial charge in [0.15, 0.2) is 0 Å². The number of carbonyl (C=O) groups is 1. The van der Waals surface area contributed by atoms with E-state index in [1.165, 1.54) is 0 Å². The average Bonchev–Trinajstić information content (AvgIpc) is 3.11. The molecule has 2 N–H and O–H groups in total. The van der Waals surface area contributed by atoms with Gasteiger partial charge in [0, 0.05) is 21.9 Å². The van der Waals surface area contributed by atoms with Gasteiger partial charge in [-0.3, -0.25) is 4.79 Å². The van der Waals surface area contributed by atoms with Crippen LogP contribution in [0, 0.1) is 13.8 Å². The van der Waals surface area contributed by atoms with Crippen molar-refractivity contribution in [2.24, 2.45) is 0 Å². The standard InChI is InChI=1S/C24H21BrN2O3S/c1-15-10-16(2)12-19(11-15)31(29,30)23-20-13-18(25)8-9-21(20)27-22(23)24(28)26-14-17-6-4-3-5-7-17/h3-13,27H,14H2,1-2H3,(H,26,28). The molecule has 0 aliphatic rings. The van der Waals surface area contributed by atoms with Gasteiger partial charge in [0.25, 0.3) is 5.91 Å². The lowest BCUT2D eigenvalue weighted by molar-refractivity contribution is 0.0943. The fourth-order valence-electron chi connectivity index (χ4n) is 3.65. The Morgan fingerprint density at radius 2 is 1.65 bits per heavy atom. The van der Waals surface area contributed by atoms with Gasteiger partial charge >= 0.3 is 0 Å². The van der Waals surface area contributed by atoms with E-state index in [-0.39, 0.29) is 15.5 Å². The third kappa shape index (κ3) is 4.29. The molecule has 4 rings (SSSR count). The van der Waals surface area contributed by atoms with Crippen LogP contribution in [-0.2, 0) is 16.4 Å². The molecule has 1 heterocycles. The second-order valence-electron chi connectivity index (χ2n) is 7.51. The Kier molecular flexibility index (Phi) is 5.73. The highest BCUT2D eigenvalue weighted by Gasteiger charge is 2.30. The number of H-pyrrole nitrogens is 1. The van der Waals surface area contributed by atoms with E-state index in [4.69, 9.17) is 0 Å². The molecule has 0 saturated heterocycles. The maximum absolute atomic E-state index is 13.7. The summed E-state index contributed by atoms with van der Waals surface area (Å²) in [6.07, 6.45) is 0. The first kappa shape index (κ1) is 21.3. The second-order valence-corrected chi connectivity index (χ2v) is 10.3. The van der Waals surface area contributed by atoms with E-state index in [1.807, 2.05) is 50.2 Å². The molecule has 4 aromatic rings. The number of nitrogens with one attached hydrogen (secondary N) is 2. The fourth-order valence-corrected chi connectivity index (χ4v) is 5.80. The molecule has 1 amide bonds. The Labute approximate surface area is 189 Å². The maximum Gasteiger partial charge on any atom is 0.269 e. The van der Waals surface area contributed by atoms with Gasteiger partial charge in [0.05, 0.1) is 4.90 Å². The minimum absolute atomic E-state index is 0.0145. The molecular formula is C24H21BrN2O3S. The summed E-state index contributed by atoms with van der Waals surface area (Å²) in [5.41, 5.74) is 3.22. The second kappa shape index (κ2) is 8.32. The number of hydrogen-bond acceptors (Lipinski definition) is 3. The van der Waals surface area contributed by atoms with Crippen LogP contribution in [0.5, 0.6) is 0 Å². The number of fused-ring (bicyclic) bond motifs is 1. The largest absolute Gasteiger partial charge is 0.349 e. The van der Waals surface area contributed by atoms with Gasteiger partial charge in [-0.2, -0.15) is 0 Å². The topological polar surface area (TPSA) is 79.0 Å². The molecule has 1 aromatic heterocycles. The normalized spacial score (nSPS) is 11.6. The van der Waals surface area contributed by atoms with Crippen molar-refractivity contribution in [1.82, 2.24) is 10.3 Å². The third-order valence-corrected chi connectivity index (χ3v) is 7.32. The molecule has 0 radical (unpaired) electrons. The summed E-state index contributed by atoms with van der Waals surface area (Å²) in [6, 6.07) is 19.9. The number of amides is 1. The van der Waals surface area contributed by atoms with E-state index in [9.17, 15) is 13.2 Å². The van der Waals surface area contributed by atoms with Crippen molar-refractivity contribution in [3.8, 4) is 0 Å². The highest BCUT2D eigenvalue weighted by molar-refractivity contribution is 9.10. The highest BCUT2D eigenvalue weighted by Crippen LogP contribution is 2.34. The monoisotopic (exact) mass is 496 g/mol. The van der Waals surface area contributed by atoms with Crippen LogP contribution < -0.4 is 5.32 Å². The summed E-state index contributed by atoms with van der Waals surface area (Å²) in [5.74, 6) is -0.473. The van der Waals surface area contributed by atoms with Crippen LogP contribution in [0.25, 0.3) is 10.9 Å². The van der Waals surface area contributed by atoms with Gasteiger partial charge in [-0.05, 0) is 60.9 Å². The van der Waals surface area contributed by atoms with Crippen LogP contribution in [0.1, 0.15) is 27.2 Å². The summed E-state index contributed by atoms with van der Waals surface area (Å²) >= 11 is 3.41. The summed E-state index contributed by atoms with van der Waals surface area (Å²) in [6.45, 7) is 4.00. The zero-order valence-corrected chi connectivity index (χ0v) is 19.5. The number of benzene rings is 3. The Morgan fingerprint density at radius 3 is 2.32 bits per heavy atom. The van der Waals surface area contributed by atoms with Crippen LogP contribution >= 0.6 is 15.9 Å². The average molecular weight is 497 g/mol. The smallest absolute Gasteiger partial charge is 0.269 e.